The molecule has 0 amide bonds. The van der Waals surface area contributed by atoms with Gasteiger partial charge < -0.3 is 9.14 Å². The van der Waals surface area contributed by atoms with E-state index < -0.39 is 5.97 Å². The van der Waals surface area contributed by atoms with Crippen LogP contribution in [-0.2, 0) is 11.2 Å². The number of esters is 1. The van der Waals surface area contributed by atoms with E-state index in [9.17, 15) is 9.59 Å². The summed E-state index contributed by atoms with van der Waals surface area (Å²) in [6, 6.07) is 13.4. The molecule has 0 fully saturated rings. The van der Waals surface area contributed by atoms with E-state index in [0.29, 0.717) is 22.3 Å². The van der Waals surface area contributed by atoms with Crippen molar-refractivity contribution in [1.82, 2.24) is 4.40 Å². The van der Waals surface area contributed by atoms with Gasteiger partial charge in [0, 0.05) is 11.8 Å². The number of carbonyl (C=O) groups excluding carboxylic acids is 2. The van der Waals surface area contributed by atoms with Gasteiger partial charge in [0.25, 0.3) is 0 Å². The molecule has 4 heteroatoms. The Kier molecular flexibility index (Phi) is 4.47. The van der Waals surface area contributed by atoms with Gasteiger partial charge in [0.1, 0.15) is 0 Å². The molecule has 2 heterocycles. The van der Waals surface area contributed by atoms with Crippen molar-refractivity contribution in [3.05, 3.63) is 65.5 Å². The zero-order valence-electron chi connectivity index (χ0n) is 13.8. The molecule has 0 aliphatic rings. The van der Waals surface area contributed by atoms with Crippen LogP contribution < -0.4 is 0 Å². The zero-order chi connectivity index (χ0) is 17.1. The van der Waals surface area contributed by atoms with Crippen molar-refractivity contribution >= 4 is 17.8 Å². The average molecular weight is 321 g/mol. The fourth-order valence-electron chi connectivity index (χ4n) is 2.96. The second kappa shape index (κ2) is 6.71. The second-order valence-corrected chi connectivity index (χ2v) is 5.48. The van der Waals surface area contributed by atoms with Crippen LogP contribution in [0, 0.1) is 0 Å². The number of carbonyl (C=O) groups is 2. The molecule has 122 valence electrons. The van der Waals surface area contributed by atoms with Crippen molar-refractivity contribution in [2.75, 3.05) is 6.61 Å². The fraction of sp³-hybridized carbons (Fsp3) is 0.200. The third kappa shape index (κ3) is 2.60. The van der Waals surface area contributed by atoms with Crippen molar-refractivity contribution in [2.45, 2.75) is 20.3 Å². The number of nitrogens with zero attached hydrogens (tertiary/aromatic N) is 1. The summed E-state index contributed by atoms with van der Waals surface area (Å²) in [5.74, 6) is -0.413. The summed E-state index contributed by atoms with van der Waals surface area (Å²) >= 11 is 0. The van der Waals surface area contributed by atoms with Crippen LogP contribution in [-0.4, -0.2) is 23.3 Å². The van der Waals surface area contributed by atoms with Crippen LogP contribution in [0.5, 0.6) is 0 Å². The third-order valence-corrected chi connectivity index (χ3v) is 4.12. The molecule has 0 aliphatic carbocycles. The van der Waals surface area contributed by atoms with Crippen LogP contribution in [0.1, 0.15) is 40.3 Å². The van der Waals surface area contributed by atoms with Gasteiger partial charge >= 0.3 is 5.97 Å². The predicted octanol–water partition coefficient (Wildman–Crippen LogP) is 4.16. The molecule has 0 unspecified atom stereocenters. The molecule has 0 spiro atoms. The lowest BCUT2D eigenvalue weighted by atomic mass is 9.99. The van der Waals surface area contributed by atoms with Crippen LogP contribution in [0.3, 0.4) is 0 Å². The van der Waals surface area contributed by atoms with Gasteiger partial charge in [0.05, 0.1) is 23.4 Å². The molecule has 0 atom stereocenters. The molecule has 24 heavy (non-hydrogen) atoms. The Bertz CT molecular complexity index is 891. The van der Waals surface area contributed by atoms with E-state index >= 15 is 0 Å². The van der Waals surface area contributed by atoms with Crippen molar-refractivity contribution in [3.8, 4) is 11.1 Å². The highest BCUT2D eigenvalue weighted by Gasteiger charge is 2.24. The number of fused-ring (bicyclic) bond motifs is 1. The Morgan fingerprint density at radius 3 is 2.50 bits per heavy atom. The summed E-state index contributed by atoms with van der Waals surface area (Å²) in [5.41, 5.74) is 4.22. The molecular formula is C20H19NO3. The Balaban J connectivity index is 2.32. The molecule has 2 aromatic heterocycles. The number of hydrogen-bond donors (Lipinski definition) is 0. The largest absolute Gasteiger partial charge is 0.462 e. The zero-order valence-corrected chi connectivity index (χ0v) is 13.8. The molecule has 1 aromatic carbocycles. The lowest BCUT2D eigenvalue weighted by molar-refractivity contribution is 0.0529. The molecule has 0 N–H and O–H groups in total. The van der Waals surface area contributed by atoms with E-state index in [0.717, 1.165) is 18.3 Å². The summed E-state index contributed by atoms with van der Waals surface area (Å²) in [6.07, 6.45) is 3.51. The van der Waals surface area contributed by atoms with E-state index in [4.69, 9.17) is 4.74 Å². The summed E-state index contributed by atoms with van der Waals surface area (Å²) in [6.45, 7) is 4.14. The topological polar surface area (TPSA) is 47.8 Å². The van der Waals surface area contributed by atoms with Crippen LogP contribution in [0.4, 0.5) is 0 Å². The minimum atomic E-state index is -0.413. The Hall–Kier alpha value is -2.88. The minimum absolute atomic E-state index is 0.285. The standard InChI is InChI=1S/C20H19NO3/c1-3-14-8-10-15(11-9-14)18-17(13-22)21-12-6-5-7-16(21)19(18)20(23)24-4-2/h5-13H,3-4H2,1-2H3. The number of aromatic nitrogens is 1. The number of aryl methyl sites for hydroxylation is 1. The predicted molar refractivity (Wildman–Crippen MR) is 93.6 cm³/mol. The number of pyridine rings is 1. The SMILES string of the molecule is CCOC(=O)c1c(-c2ccc(CC)cc2)c(C=O)n2ccccc12. The first-order valence-corrected chi connectivity index (χ1v) is 8.05. The maximum atomic E-state index is 12.6. The molecule has 0 saturated heterocycles. The lowest BCUT2D eigenvalue weighted by Gasteiger charge is -2.06. The van der Waals surface area contributed by atoms with E-state index in [1.54, 1.807) is 17.5 Å². The third-order valence-electron chi connectivity index (χ3n) is 4.12. The monoisotopic (exact) mass is 321 g/mol. The smallest absolute Gasteiger partial charge is 0.340 e. The number of rotatable bonds is 5. The first-order chi connectivity index (χ1) is 11.7. The van der Waals surface area contributed by atoms with Gasteiger partial charge in [-0.1, -0.05) is 37.3 Å². The average Bonchev–Trinajstić information content (AvgIpc) is 2.96. The van der Waals surface area contributed by atoms with E-state index in [1.807, 2.05) is 42.5 Å². The van der Waals surface area contributed by atoms with E-state index in [-0.39, 0.29) is 6.61 Å². The Labute approximate surface area is 140 Å². The van der Waals surface area contributed by atoms with Crippen LogP contribution in [0.25, 0.3) is 16.6 Å². The van der Waals surface area contributed by atoms with Gasteiger partial charge in [-0.3, -0.25) is 4.79 Å². The molecule has 0 saturated carbocycles. The quantitative estimate of drug-likeness (QED) is 0.524. The maximum Gasteiger partial charge on any atom is 0.340 e. The summed E-state index contributed by atoms with van der Waals surface area (Å²) in [5, 5.41) is 0. The van der Waals surface area contributed by atoms with E-state index in [2.05, 4.69) is 6.92 Å². The van der Waals surface area contributed by atoms with Crippen LogP contribution >= 0.6 is 0 Å². The number of ether oxygens (including phenoxy) is 1. The van der Waals surface area contributed by atoms with Gasteiger partial charge in [-0.2, -0.15) is 0 Å². The van der Waals surface area contributed by atoms with Gasteiger partial charge in [-0.25, -0.2) is 4.79 Å². The van der Waals surface area contributed by atoms with Crippen molar-refractivity contribution in [3.63, 3.8) is 0 Å². The fourth-order valence-corrected chi connectivity index (χ4v) is 2.96. The van der Waals surface area contributed by atoms with Gasteiger partial charge in [0.15, 0.2) is 6.29 Å². The normalized spacial score (nSPS) is 10.8. The highest BCUT2D eigenvalue weighted by atomic mass is 16.5. The van der Waals surface area contributed by atoms with Crippen molar-refractivity contribution in [1.29, 1.82) is 0 Å². The molecule has 3 rings (SSSR count). The number of aldehydes is 1. The first-order valence-electron chi connectivity index (χ1n) is 8.05. The number of hydrogen-bond acceptors (Lipinski definition) is 3. The highest BCUT2D eigenvalue weighted by molar-refractivity contribution is 6.09. The number of benzene rings is 1. The van der Waals surface area contributed by atoms with E-state index in [1.165, 1.54) is 5.56 Å². The molecule has 0 bridgehead atoms. The van der Waals surface area contributed by atoms with Gasteiger partial charge in [-0.15, -0.1) is 0 Å². The van der Waals surface area contributed by atoms with Crippen LogP contribution in [0.15, 0.2) is 48.7 Å². The van der Waals surface area contributed by atoms with Gasteiger partial charge in [-0.05, 0) is 36.6 Å². The van der Waals surface area contributed by atoms with Gasteiger partial charge in [0.2, 0.25) is 0 Å². The highest BCUT2D eigenvalue weighted by Crippen LogP contribution is 2.33. The molecular weight excluding hydrogens is 302 g/mol. The Morgan fingerprint density at radius 2 is 1.88 bits per heavy atom. The summed E-state index contributed by atoms with van der Waals surface area (Å²) in [4.78, 5) is 24.3. The Morgan fingerprint density at radius 1 is 1.12 bits per heavy atom. The first kappa shape index (κ1) is 16.0. The molecule has 0 radical (unpaired) electrons. The molecule has 3 aromatic rings. The second-order valence-electron chi connectivity index (χ2n) is 5.48. The van der Waals surface area contributed by atoms with Crippen molar-refractivity contribution in [2.24, 2.45) is 0 Å². The summed E-state index contributed by atoms with van der Waals surface area (Å²) < 4.78 is 6.97. The van der Waals surface area contributed by atoms with Crippen molar-refractivity contribution < 1.29 is 14.3 Å². The maximum absolute atomic E-state index is 12.6. The molecule has 4 nitrogen and oxygen atoms in total. The lowest BCUT2D eigenvalue weighted by Crippen LogP contribution is -2.05. The van der Waals surface area contributed by atoms with Crippen LogP contribution in [0.2, 0.25) is 0 Å². The molecule has 0 aliphatic heterocycles. The summed E-state index contributed by atoms with van der Waals surface area (Å²) in [7, 11) is 0. The minimum Gasteiger partial charge on any atom is -0.462 e.